The van der Waals surface area contributed by atoms with Gasteiger partial charge in [-0.05, 0) is 5.56 Å². The Morgan fingerprint density at radius 3 is 2.56 bits per heavy atom. The Hall–Kier alpha value is -2.11. The van der Waals surface area contributed by atoms with Gasteiger partial charge >= 0.3 is 6.09 Å². The van der Waals surface area contributed by atoms with Crippen molar-refractivity contribution in [2.45, 2.75) is 19.9 Å². The average Bonchev–Trinajstić information content (AvgIpc) is 2.32. The predicted molar refractivity (Wildman–Crippen MR) is 64.1 cm³/mol. The lowest BCUT2D eigenvalue weighted by Crippen LogP contribution is -2.46. The third-order valence-corrected chi connectivity index (χ3v) is 3.06. The van der Waals surface area contributed by atoms with E-state index in [-0.39, 0.29) is 17.1 Å². The number of hydrogen-bond acceptors (Lipinski definition) is 4. The van der Waals surface area contributed by atoms with E-state index in [4.69, 9.17) is 4.74 Å². The highest BCUT2D eigenvalue weighted by Crippen LogP contribution is 2.36. The smallest absolute Gasteiger partial charge is 0.407 e. The van der Waals surface area contributed by atoms with Crippen molar-refractivity contribution in [2.75, 3.05) is 6.61 Å². The molecule has 1 fully saturated rings. The number of carbonyl (C=O) groups is 1. The Morgan fingerprint density at radius 2 is 2.00 bits per heavy atom. The van der Waals surface area contributed by atoms with Gasteiger partial charge in [0.2, 0.25) is 0 Å². The number of alkyl carbamates (subject to hydrolysis) is 1. The minimum Gasteiger partial charge on any atom is -0.449 e. The summed E-state index contributed by atoms with van der Waals surface area (Å²) in [4.78, 5) is 21.4. The predicted octanol–water partition coefficient (Wildman–Crippen LogP) is 2.40. The molecular weight excluding hydrogens is 236 g/mol. The van der Waals surface area contributed by atoms with Gasteiger partial charge in [0.25, 0.3) is 5.69 Å². The SMILES string of the molecule is CC1(C)COC(=O)N[C@@H]1c1ccc([N+](=O)[O-])cc1. The summed E-state index contributed by atoms with van der Waals surface area (Å²) in [6, 6.07) is 5.99. The Bertz CT molecular complexity index is 481. The fraction of sp³-hybridized carbons (Fsp3) is 0.417. The van der Waals surface area contributed by atoms with E-state index in [9.17, 15) is 14.9 Å². The molecule has 1 amide bonds. The number of cyclic esters (lactones) is 1. The van der Waals surface area contributed by atoms with Gasteiger partial charge in [-0.3, -0.25) is 10.1 Å². The minimum atomic E-state index is -0.460. The van der Waals surface area contributed by atoms with Crippen LogP contribution in [0.15, 0.2) is 24.3 Å². The number of nitrogens with one attached hydrogen (secondary N) is 1. The van der Waals surface area contributed by atoms with E-state index in [0.29, 0.717) is 6.61 Å². The molecule has 0 aromatic heterocycles. The number of nitro benzene ring substituents is 1. The molecule has 0 radical (unpaired) electrons. The monoisotopic (exact) mass is 250 g/mol. The number of nitrogens with zero attached hydrogens (tertiary/aromatic N) is 1. The third kappa shape index (κ3) is 2.27. The Morgan fingerprint density at radius 1 is 1.39 bits per heavy atom. The third-order valence-electron chi connectivity index (χ3n) is 3.06. The number of non-ortho nitro benzene ring substituents is 1. The number of benzene rings is 1. The number of hydrogen-bond donors (Lipinski definition) is 1. The second-order valence-corrected chi connectivity index (χ2v) is 4.99. The highest BCUT2D eigenvalue weighted by atomic mass is 16.6. The van der Waals surface area contributed by atoms with E-state index in [2.05, 4.69) is 5.32 Å². The van der Waals surface area contributed by atoms with Crippen molar-refractivity contribution in [1.82, 2.24) is 5.32 Å². The van der Waals surface area contributed by atoms with Gasteiger partial charge in [0.15, 0.2) is 0 Å². The van der Waals surface area contributed by atoms with E-state index in [1.165, 1.54) is 12.1 Å². The van der Waals surface area contributed by atoms with Crippen LogP contribution in [-0.4, -0.2) is 17.6 Å². The normalized spacial score (nSPS) is 21.9. The van der Waals surface area contributed by atoms with Gasteiger partial charge in [0.1, 0.15) is 6.61 Å². The van der Waals surface area contributed by atoms with Crippen LogP contribution in [0.2, 0.25) is 0 Å². The minimum absolute atomic E-state index is 0.0370. The van der Waals surface area contributed by atoms with Crippen LogP contribution in [0.25, 0.3) is 0 Å². The Balaban J connectivity index is 2.28. The quantitative estimate of drug-likeness (QED) is 0.645. The number of nitro groups is 1. The van der Waals surface area contributed by atoms with E-state index >= 15 is 0 Å². The van der Waals surface area contributed by atoms with E-state index in [1.807, 2.05) is 13.8 Å². The van der Waals surface area contributed by atoms with Gasteiger partial charge in [0, 0.05) is 17.5 Å². The van der Waals surface area contributed by atoms with Crippen LogP contribution in [0.5, 0.6) is 0 Å². The lowest BCUT2D eigenvalue weighted by Gasteiger charge is -2.38. The summed E-state index contributed by atoms with van der Waals surface area (Å²) in [6.07, 6.45) is -0.460. The summed E-state index contributed by atoms with van der Waals surface area (Å²) >= 11 is 0. The van der Waals surface area contributed by atoms with Crippen LogP contribution in [0.1, 0.15) is 25.5 Å². The summed E-state index contributed by atoms with van der Waals surface area (Å²) in [5, 5.41) is 13.3. The summed E-state index contributed by atoms with van der Waals surface area (Å²) in [7, 11) is 0. The van der Waals surface area contributed by atoms with Crippen LogP contribution in [0, 0.1) is 15.5 Å². The Kier molecular flexibility index (Phi) is 2.94. The van der Waals surface area contributed by atoms with E-state index in [1.54, 1.807) is 12.1 Å². The van der Waals surface area contributed by atoms with Gasteiger partial charge in [0.05, 0.1) is 11.0 Å². The molecule has 18 heavy (non-hydrogen) atoms. The number of carbonyl (C=O) groups excluding carboxylic acids is 1. The maximum Gasteiger partial charge on any atom is 0.407 e. The van der Waals surface area contributed by atoms with Crippen molar-refractivity contribution in [3.8, 4) is 0 Å². The van der Waals surface area contributed by atoms with E-state index < -0.39 is 11.0 Å². The number of amides is 1. The molecule has 1 aliphatic heterocycles. The molecule has 1 aliphatic rings. The molecule has 1 aromatic carbocycles. The molecule has 96 valence electrons. The average molecular weight is 250 g/mol. The summed E-state index contributed by atoms with van der Waals surface area (Å²) in [5.41, 5.74) is 0.613. The standard InChI is InChI=1S/C12H14N2O4/c1-12(2)7-18-11(15)13-10(12)8-3-5-9(6-4-8)14(16)17/h3-6,10H,7H2,1-2H3,(H,13,15)/t10-/m1/s1. The van der Waals surface area contributed by atoms with Crippen molar-refractivity contribution in [1.29, 1.82) is 0 Å². The molecule has 0 spiro atoms. The van der Waals surface area contributed by atoms with Crippen LogP contribution in [-0.2, 0) is 4.74 Å². The number of ether oxygens (including phenoxy) is 1. The van der Waals surface area contributed by atoms with Crippen molar-refractivity contribution >= 4 is 11.8 Å². The largest absolute Gasteiger partial charge is 0.449 e. The molecule has 1 heterocycles. The van der Waals surface area contributed by atoms with Crippen molar-refractivity contribution < 1.29 is 14.5 Å². The molecule has 2 rings (SSSR count). The molecule has 1 aromatic rings. The molecular formula is C12H14N2O4. The van der Waals surface area contributed by atoms with E-state index in [0.717, 1.165) is 5.56 Å². The van der Waals surface area contributed by atoms with Crippen LogP contribution in [0.3, 0.4) is 0 Å². The van der Waals surface area contributed by atoms with Gasteiger partial charge in [-0.15, -0.1) is 0 Å². The van der Waals surface area contributed by atoms with Crippen LogP contribution < -0.4 is 5.32 Å². The molecule has 1 atom stereocenters. The highest BCUT2D eigenvalue weighted by molar-refractivity contribution is 5.69. The first kappa shape index (κ1) is 12.3. The molecule has 0 saturated carbocycles. The molecule has 6 nitrogen and oxygen atoms in total. The molecule has 1 N–H and O–H groups in total. The van der Waals surface area contributed by atoms with Crippen molar-refractivity contribution in [3.63, 3.8) is 0 Å². The maximum absolute atomic E-state index is 11.3. The van der Waals surface area contributed by atoms with Crippen LogP contribution in [0.4, 0.5) is 10.5 Å². The second-order valence-electron chi connectivity index (χ2n) is 4.99. The molecule has 0 unspecified atom stereocenters. The van der Waals surface area contributed by atoms with Crippen molar-refractivity contribution in [3.05, 3.63) is 39.9 Å². The summed E-state index contributed by atoms with van der Waals surface area (Å²) in [6.45, 7) is 4.26. The second kappa shape index (κ2) is 4.29. The molecule has 6 heteroatoms. The van der Waals surface area contributed by atoms with Gasteiger partial charge in [-0.2, -0.15) is 0 Å². The lowest BCUT2D eigenvalue weighted by atomic mass is 9.80. The van der Waals surface area contributed by atoms with Gasteiger partial charge in [-0.1, -0.05) is 26.0 Å². The maximum atomic E-state index is 11.3. The topological polar surface area (TPSA) is 81.5 Å². The number of rotatable bonds is 2. The summed E-state index contributed by atoms with van der Waals surface area (Å²) < 4.78 is 4.95. The van der Waals surface area contributed by atoms with Crippen LogP contribution >= 0.6 is 0 Å². The first-order valence-electron chi connectivity index (χ1n) is 5.58. The zero-order valence-corrected chi connectivity index (χ0v) is 10.2. The molecule has 0 bridgehead atoms. The molecule has 1 saturated heterocycles. The van der Waals surface area contributed by atoms with Gasteiger partial charge < -0.3 is 10.1 Å². The van der Waals surface area contributed by atoms with Gasteiger partial charge in [-0.25, -0.2) is 4.79 Å². The zero-order valence-electron chi connectivity index (χ0n) is 10.2. The first-order chi connectivity index (χ1) is 8.40. The van der Waals surface area contributed by atoms with Crippen molar-refractivity contribution in [2.24, 2.45) is 5.41 Å². The zero-order chi connectivity index (χ0) is 13.3. The lowest BCUT2D eigenvalue weighted by molar-refractivity contribution is -0.384. The summed E-state index contributed by atoms with van der Waals surface area (Å²) in [5.74, 6) is 0. The first-order valence-corrected chi connectivity index (χ1v) is 5.58. The fourth-order valence-electron chi connectivity index (χ4n) is 2.01. The highest BCUT2D eigenvalue weighted by Gasteiger charge is 2.37. The Labute approximate surface area is 104 Å². The fourth-order valence-corrected chi connectivity index (χ4v) is 2.01. The molecule has 0 aliphatic carbocycles.